The maximum atomic E-state index is 6.21. The lowest BCUT2D eigenvalue weighted by Gasteiger charge is -2.26. The van der Waals surface area contributed by atoms with Crippen molar-refractivity contribution in [1.29, 1.82) is 0 Å². The summed E-state index contributed by atoms with van der Waals surface area (Å²) in [6.07, 6.45) is 0. The molecule has 1 aliphatic heterocycles. The van der Waals surface area contributed by atoms with Crippen molar-refractivity contribution in [2.24, 2.45) is 15.7 Å². The van der Waals surface area contributed by atoms with E-state index in [0.29, 0.717) is 5.84 Å². The molecule has 0 bridgehead atoms. The molecule has 6 heteroatoms. The third kappa shape index (κ3) is 3.00. The zero-order valence-electron chi connectivity index (χ0n) is 18.2. The number of aromatic nitrogens is 1. The summed E-state index contributed by atoms with van der Waals surface area (Å²) in [7, 11) is 1.69. The molecule has 2 heterocycles. The number of methoxy groups -OCH3 is 1. The van der Waals surface area contributed by atoms with Crippen molar-refractivity contribution in [2.45, 2.75) is 40.3 Å². The summed E-state index contributed by atoms with van der Waals surface area (Å²) in [4.78, 5) is 9.81. The Morgan fingerprint density at radius 2 is 1.63 bits per heavy atom. The molecule has 30 heavy (non-hydrogen) atoms. The molecule has 1 aliphatic rings. The van der Waals surface area contributed by atoms with Crippen LogP contribution in [-0.2, 0) is 5.66 Å². The third-order valence-corrected chi connectivity index (χ3v) is 5.64. The quantitative estimate of drug-likeness (QED) is 0.690. The first-order valence-corrected chi connectivity index (χ1v) is 9.88. The van der Waals surface area contributed by atoms with Gasteiger partial charge in [-0.25, -0.2) is 9.98 Å². The van der Waals surface area contributed by atoms with Crippen molar-refractivity contribution in [1.82, 2.24) is 5.16 Å². The number of hydrogen-bond acceptors (Lipinski definition) is 6. The second-order valence-corrected chi connectivity index (χ2v) is 7.79. The van der Waals surface area contributed by atoms with E-state index in [9.17, 15) is 0 Å². The van der Waals surface area contributed by atoms with Gasteiger partial charge < -0.3 is 15.0 Å². The van der Waals surface area contributed by atoms with E-state index in [4.69, 9.17) is 25.0 Å². The van der Waals surface area contributed by atoms with Crippen molar-refractivity contribution in [3.63, 3.8) is 0 Å². The molecule has 1 aromatic heterocycles. The summed E-state index contributed by atoms with van der Waals surface area (Å²) in [6.45, 7) is 9.81. The second-order valence-electron chi connectivity index (χ2n) is 7.79. The summed E-state index contributed by atoms with van der Waals surface area (Å²) in [6, 6.07) is 12.3. The van der Waals surface area contributed by atoms with Crippen molar-refractivity contribution in [2.75, 3.05) is 7.11 Å². The summed E-state index contributed by atoms with van der Waals surface area (Å²) in [5, 5.41) is 4.10. The van der Waals surface area contributed by atoms with E-state index in [2.05, 4.69) is 23.4 Å². The summed E-state index contributed by atoms with van der Waals surface area (Å²) < 4.78 is 10.9. The minimum absolute atomic E-state index is 0.448. The Morgan fingerprint density at radius 1 is 0.933 bits per heavy atom. The topological polar surface area (TPSA) is 86.0 Å². The van der Waals surface area contributed by atoms with E-state index in [1.807, 2.05) is 52.8 Å². The van der Waals surface area contributed by atoms with Crippen LogP contribution in [0.2, 0.25) is 0 Å². The minimum atomic E-state index is -0.940. The Balaban J connectivity index is 1.96. The van der Waals surface area contributed by atoms with Crippen LogP contribution >= 0.6 is 0 Å². The van der Waals surface area contributed by atoms with E-state index in [-0.39, 0.29) is 0 Å². The molecule has 0 saturated heterocycles. The number of nitrogens with two attached hydrogens (primary N) is 1. The fourth-order valence-electron chi connectivity index (χ4n) is 4.27. The molecule has 154 valence electrons. The molecule has 4 rings (SSSR count). The largest absolute Gasteiger partial charge is 0.496 e. The number of rotatable bonds is 4. The lowest BCUT2D eigenvalue weighted by molar-refractivity contribution is 0.393. The first-order valence-electron chi connectivity index (χ1n) is 9.88. The predicted octanol–water partition coefficient (Wildman–Crippen LogP) is 4.62. The summed E-state index contributed by atoms with van der Waals surface area (Å²) in [5.41, 5.74) is 12.8. The molecule has 3 aromatic rings. The third-order valence-electron chi connectivity index (χ3n) is 5.64. The van der Waals surface area contributed by atoms with Crippen molar-refractivity contribution >= 4 is 11.5 Å². The number of amidine groups is 1. The van der Waals surface area contributed by atoms with Crippen molar-refractivity contribution in [3.05, 3.63) is 70.1 Å². The van der Waals surface area contributed by atoms with Gasteiger partial charge in [0.2, 0.25) is 5.66 Å². The van der Waals surface area contributed by atoms with Crippen molar-refractivity contribution in [3.8, 4) is 16.9 Å². The maximum absolute atomic E-state index is 6.21. The smallest absolute Gasteiger partial charge is 0.204 e. The van der Waals surface area contributed by atoms with E-state index < -0.39 is 5.66 Å². The molecule has 1 unspecified atom stereocenters. The van der Waals surface area contributed by atoms with Gasteiger partial charge in [-0.05, 0) is 69.5 Å². The Labute approximate surface area is 176 Å². The zero-order valence-corrected chi connectivity index (χ0v) is 18.2. The van der Waals surface area contributed by atoms with Gasteiger partial charge in [0.15, 0.2) is 0 Å². The van der Waals surface area contributed by atoms with Crippen molar-refractivity contribution < 1.29 is 9.26 Å². The molecule has 0 spiro atoms. The van der Waals surface area contributed by atoms with E-state index in [0.717, 1.165) is 56.3 Å². The average Bonchev–Trinajstić information content (AvgIpc) is 3.20. The molecule has 0 fully saturated rings. The van der Waals surface area contributed by atoms with Crippen LogP contribution in [0, 0.1) is 27.7 Å². The number of nitrogens with zero attached hydrogens (tertiary/aromatic N) is 3. The molecule has 1 atom stereocenters. The molecule has 0 amide bonds. The molecular weight excluding hydrogens is 376 g/mol. The van der Waals surface area contributed by atoms with Crippen LogP contribution in [0.1, 0.15) is 40.6 Å². The van der Waals surface area contributed by atoms with Crippen LogP contribution in [0.5, 0.6) is 5.75 Å². The van der Waals surface area contributed by atoms with Gasteiger partial charge in [-0.1, -0.05) is 23.4 Å². The Morgan fingerprint density at radius 3 is 2.17 bits per heavy atom. The average molecular weight is 402 g/mol. The SMILES string of the molecule is COc1c(C)cc(C2(c3cccc(-c4c(C)noc4C)c3)N=C(C)C(N)=N2)cc1C. The molecule has 2 aromatic carbocycles. The predicted molar refractivity (Wildman–Crippen MR) is 119 cm³/mol. The van der Waals surface area contributed by atoms with Gasteiger partial charge in [0.1, 0.15) is 17.3 Å². The van der Waals surface area contributed by atoms with Gasteiger partial charge >= 0.3 is 0 Å². The maximum Gasteiger partial charge on any atom is 0.204 e. The number of hydrogen-bond donors (Lipinski definition) is 1. The standard InChI is InChI=1S/C24H26N4O2/c1-13-10-20(11-14(2)22(13)29-6)24(26-16(4)23(25)27-24)19-9-7-8-18(12-19)21-15(3)28-30-17(21)5/h7-12H,1-6H3,(H2,25,27). The van der Waals surface area contributed by atoms with Gasteiger partial charge in [-0.2, -0.15) is 0 Å². The highest BCUT2D eigenvalue weighted by molar-refractivity contribution is 6.41. The van der Waals surface area contributed by atoms with E-state index >= 15 is 0 Å². The monoisotopic (exact) mass is 402 g/mol. The first-order chi connectivity index (χ1) is 14.3. The number of ether oxygens (including phenoxy) is 1. The van der Waals surface area contributed by atoms with Gasteiger partial charge in [-0.3, -0.25) is 0 Å². The summed E-state index contributed by atoms with van der Waals surface area (Å²) in [5.74, 6) is 2.10. The molecule has 0 radical (unpaired) electrons. The van der Waals surface area contributed by atoms with Crippen LogP contribution in [0.3, 0.4) is 0 Å². The highest BCUT2D eigenvalue weighted by Gasteiger charge is 2.39. The highest BCUT2D eigenvalue weighted by atomic mass is 16.5. The van der Waals surface area contributed by atoms with Crippen LogP contribution in [0.25, 0.3) is 11.1 Å². The normalized spacial score (nSPS) is 18.3. The first kappa shape index (κ1) is 19.9. The van der Waals surface area contributed by atoms with Gasteiger partial charge in [0.25, 0.3) is 0 Å². The van der Waals surface area contributed by atoms with Crippen LogP contribution in [0.15, 0.2) is 50.9 Å². The lowest BCUT2D eigenvalue weighted by Crippen LogP contribution is -2.23. The molecule has 2 N–H and O–H groups in total. The fourth-order valence-corrected chi connectivity index (χ4v) is 4.27. The van der Waals surface area contributed by atoms with Gasteiger partial charge in [-0.15, -0.1) is 0 Å². The van der Waals surface area contributed by atoms with E-state index in [1.165, 1.54) is 0 Å². The Bertz CT molecular complexity index is 1140. The molecule has 0 saturated carbocycles. The van der Waals surface area contributed by atoms with Crippen LogP contribution in [0.4, 0.5) is 0 Å². The fraction of sp³-hybridized carbons (Fsp3) is 0.292. The number of benzene rings is 2. The molecule has 6 nitrogen and oxygen atoms in total. The second kappa shape index (κ2) is 7.13. The van der Waals surface area contributed by atoms with E-state index in [1.54, 1.807) is 7.11 Å². The summed E-state index contributed by atoms with van der Waals surface area (Å²) >= 11 is 0. The molecule has 0 aliphatic carbocycles. The van der Waals surface area contributed by atoms with Gasteiger partial charge in [0, 0.05) is 16.7 Å². The van der Waals surface area contributed by atoms with Crippen LogP contribution in [-0.4, -0.2) is 23.8 Å². The highest BCUT2D eigenvalue weighted by Crippen LogP contribution is 2.42. The number of aryl methyl sites for hydroxylation is 4. The molecular formula is C24H26N4O2. The van der Waals surface area contributed by atoms with Gasteiger partial charge in [0.05, 0.1) is 18.5 Å². The van der Waals surface area contributed by atoms with Crippen LogP contribution < -0.4 is 10.5 Å². The Hall–Kier alpha value is -3.41. The lowest BCUT2D eigenvalue weighted by atomic mass is 9.88. The Kier molecular flexibility index (Phi) is 4.73. The minimum Gasteiger partial charge on any atom is -0.496 e. The zero-order chi connectivity index (χ0) is 21.6. The number of aliphatic imine (C=N–C) groups is 2.